The summed E-state index contributed by atoms with van der Waals surface area (Å²) in [4.78, 5) is 23.7. The number of rotatable bonds is 3. The maximum atomic E-state index is 13.2. The Morgan fingerprint density at radius 1 is 1.10 bits per heavy atom. The standard InChI is InChI=1S/C21H23N5O3S/c1-24-13-23-18-8-15(9-22-20(18)24)21(27)25-10-16-11-26(30(2,28)29)19(17(16)12-25)14-6-4-3-5-7-14/h3-9,13,16-17,19H,10-12H2,1-2H3/t16-,17-,19+/m1/s1. The van der Waals surface area contributed by atoms with Crippen LogP contribution in [0.1, 0.15) is 22.0 Å². The lowest BCUT2D eigenvalue weighted by molar-refractivity contribution is 0.0773. The molecule has 9 heteroatoms. The number of pyridine rings is 1. The van der Waals surface area contributed by atoms with Gasteiger partial charge in [0.25, 0.3) is 5.91 Å². The molecular formula is C21H23N5O3S. The van der Waals surface area contributed by atoms with Crippen LogP contribution >= 0.6 is 0 Å². The lowest BCUT2D eigenvalue weighted by Crippen LogP contribution is -2.37. The normalized spacial score (nSPS) is 24.5. The van der Waals surface area contributed by atoms with Crippen LogP contribution in [0.3, 0.4) is 0 Å². The molecule has 5 rings (SSSR count). The van der Waals surface area contributed by atoms with Gasteiger partial charge in [-0.05, 0) is 17.5 Å². The first-order chi connectivity index (χ1) is 14.3. The summed E-state index contributed by atoms with van der Waals surface area (Å²) in [6.07, 6.45) is 4.54. The zero-order valence-corrected chi connectivity index (χ0v) is 17.7. The topological polar surface area (TPSA) is 88.4 Å². The van der Waals surface area contributed by atoms with Crippen LogP contribution in [-0.4, -0.2) is 64.0 Å². The number of hydrogen-bond acceptors (Lipinski definition) is 5. The van der Waals surface area contributed by atoms with Crippen LogP contribution in [0.2, 0.25) is 0 Å². The number of likely N-dealkylation sites (tertiary alicyclic amines) is 1. The molecule has 0 aliphatic carbocycles. The fourth-order valence-electron chi connectivity index (χ4n) is 4.89. The predicted octanol–water partition coefficient (Wildman–Crippen LogP) is 1.67. The summed E-state index contributed by atoms with van der Waals surface area (Å²) in [5.74, 6) is 0.0974. The van der Waals surface area contributed by atoms with E-state index in [2.05, 4.69) is 9.97 Å². The molecule has 2 aliphatic rings. The van der Waals surface area contributed by atoms with E-state index >= 15 is 0 Å². The molecule has 1 aromatic carbocycles. The average Bonchev–Trinajstić information content (AvgIpc) is 3.40. The van der Waals surface area contributed by atoms with E-state index in [-0.39, 0.29) is 23.8 Å². The van der Waals surface area contributed by atoms with E-state index in [0.29, 0.717) is 30.7 Å². The molecule has 30 heavy (non-hydrogen) atoms. The lowest BCUT2D eigenvalue weighted by Gasteiger charge is -2.28. The molecule has 8 nitrogen and oxygen atoms in total. The van der Waals surface area contributed by atoms with Crippen LogP contribution in [0.25, 0.3) is 11.2 Å². The van der Waals surface area contributed by atoms with Gasteiger partial charge in [-0.15, -0.1) is 0 Å². The van der Waals surface area contributed by atoms with Crippen molar-refractivity contribution in [2.75, 3.05) is 25.9 Å². The first-order valence-electron chi connectivity index (χ1n) is 9.91. The van der Waals surface area contributed by atoms with Gasteiger partial charge in [0.1, 0.15) is 5.52 Å². The summed E-state index contributed by atoms with van der Waals surface area (Å²) in [5, 5.41) is 0. The molecule has 4 heterocycles. The third-order valence-corrected chi connectivity index (χ3v) is 7.50. The lowest BCUT2D eigenvalue weighted by atomic mass is 9.90. The first-order valence-corrected chi connectivity index (χ1v) is 11.8. The summed E-state index contributed by atoms with van der Waals surface area (Å²) < 4.78 is 28.3. The number of benzene rings is 1. The summed E-state index contributed by atoms with van der Waals surface area (Å²) >= 11 is 0. The Labute approximate surface area is 175 Å². The monoisotopic (exact) mass is 425 g/mol. The Hall–Kier alpha value is -2.78. The van der Waals surface area contributed by atoms with Gasteiger partial charge in [-0.1, -0.05) is 30.3 Å². The van der Waals surface area contributed by atoms with Crippen molar-refractivity contribution in [2.24, 2.45) is 18.9 Å². The molecule has 2 fully saturated rings. The highest BCUT2D eigenvalue weighted by Crippen LogP contribution is 2.46. The zero-order chi connectivity index (χ0) is 21.0. The summed E-state index contributed by atoms with van der Waals surface area (Å²) in [6.45, 7) is 1.50. The van der Waals surface area contributed by atoms with Gasteiger partial charge in [-0.2, -0.15) is 4.31 Å². The van der Waals surface area contributed by atoms with E-state index in [0.717, 1.165) is 11.2 Å². The molecule has 0 N–H and O–H groups in total. The van der Waals surface area contributed by atoms with Crippen LogP contribution in [0, 0.1) is 11.8 Å². The number of sulfonamides is 1. The maximum Gasteiger partial charge on any atom is 0.255 e. The Morgan fingerprint density at radius 3 is 2.60 bits per heavy atom. The van der Waals surface area contributed by atoms with Crippen LogP contribution in [0.5, 0.6) is 0 Å². The summed E-state index contributed by atoms with van der Waals surface area (Å²) in [5.41, 5.74) is 2.91. The minimum Gasteiger partial charge on any atom is -0.338 e. The first kappa shape index (κ1) is 19.2. The maximum absolute atomic E-state index is 13.2. The molecule has 2 aliphatic heterocycles. The number of aromatic nitrogens is 3. The van der Waals surface area contributed by atoms with E-state index in [9.17, 15) is 13.2 Å². The number of amides is 1. The van der Waals surface area contributed by atoms with Crippen molar-refractivity contribution in [3.63, 3.8) is 0 Å². The van der Waals surface area contributed by atoms with Gasteiger partial charge in [0.2, 0.25) is 10.0 Å². The Balaban J connectivity index is 1.43. The highest BCUT2D eigenvalue weighted by Gasteiger charge is 2.51. The highest BCUT2D eigenvalue weighted by molar-refractivity contribution is 7.88. The molecule has 3 atom stereocenters. The number of carbonyl (C=O) groups excluding carboxylic acids is 1. The van der Waals surface area contributed by atoms with Crippen molar-refractivity contribution in [2.45, 2.75) is 6.04 Å². The molecule has 2 aromatic heterocycles. The van der Waals surface area contributed by atoms with Crippen molar-refractivity contribution in [3.8, 4) is 0 Å². The second kappa shape index (κ2) is 6.88. The fraction of sp³-hybridized carbons (Fsp3) is 0.381. The largest absolute Gasteiger partial charge is 0.338 e. The minimum absolute atomic E-state index is 0.0672. The number of hydrogen-bond donors (Lipinski definition) is 0. The number of aryl methyl sites for hydroxylation is 1. The minimum atomic E-state index is -3.34. The molecular weight excluding hydrogens is 402 g/mol. The van der Waals surface area contributed by atoms with E-state index < -0.39 is 10.0 Å². The van der Waals surface area contributed by atoms with Crippen LogP contribution in [0.4, 0.5) is 0 Å². The molecule has 0 saturated carbocycles. The van der Waals surface area contributed by atoms with Crippen molar-refractivity contribution >= 4 is 27.1 Å². The van der Waals surface area contributed by atoms with Gasteiger partial charge < -0.3 is 9.47 Å². The van der Waals surface area contributed by atoms with Gasteiger partial charge >= 0.3 is 0 Å². The van der Waals surface area contributed by atoms with Gasteiger partial charge in [0.15, 0.2) is 5.65 Å². The molecule has 0 spiro atoms. The van der Waals surface area contributed by atoms with Crippen LogP contribution < -0.4 is 0 Å². The van der Waals surface area contributed by atoms with E-state index in [1.54, 1.807) is 22.9 Å². The van der Waals surface area contributed by atoms with E-state index in [1.807, 2.05) is 46.8 Å². The van der Waals surface area contributed by atoms with Gasteiger partial charge in [-0.25, -0.2) is 18.4 Å². The Morgan fingerprint density at radius 2 is 1.87 bits per heavy atom. The molecule has 156 valence electrons. The van der Waals surface area contributed by atoms with Gasteiger partial charge in [0.05, 0.1) is 24.2 Å². The SMILES string of the molecule is Cn1cnc2cc(C(=O)N3C[C@@H]4CN(S(C)(=O)=O)[C@@H](c5ccccc5)[C@@H]4C3)cnc21. The molecule has 1 amide bonds. The Bertz CT molecular complexity index is 1220. The predicted molar refractivity (Wildman–Crippen MR) is 112 cm³/mol. The molecule has 0 unspecified atom stereocenters. The smallest absolute Gasteiger partial charge is 0.255 e. The fourth-order valence-corrected chi connectivity index (χ4v) is 6.05. The third-order valence-electron chi connectivity index (χ3n) is 6.27. The number of fused-ring (bicyclic) bond motifs is 2. The summed E-state index contributed by atoms with van der Waals surface area (Å²) in [7, 11) is -1.48. The second-order valence-corrected chi connectivity index (χ2v) is 10.2. The second-order valence-electron chi connectivity index (χ2n) is 8.24. The number of carbonyl (C=O) groups is 1. The van der Waals surface area contributed by atoms with Crippen molar-refractivity contribution in [1.29, 1.82) is 0 Å². The van der Waals surface area contributed by atoms with Crippen molar-refractivity contribution in [1.82, 2.24) is 23.7 Å². The molecule has 0 radical (unpaired) electrons. The highest BCUT2D eigenvalue weighted by atomic mass is 32.2. The molecule has 0 bridgehead atoms. The average molecular weight is 426 g/mol. The third kappa shape index (κ3) is 3.09. The van der Waals surface area contributed by atoms with E-state index in [4.69, 9.17) is 0 Å². The summed E-state index contributed by atoms with van der Waals surface area (Å²) in [6, 6.07) is 11.2. The number of nitrogens with zero attached hydrogens (tertiary/aromatic N) is 5. The van der Waals surface area contributed by atoms with E-state index in [1.165, 1.54) is 6.26 Å². The van der Waals surface area contributed by atoms with Gasteiger partial charge in [0, 0.05) is 38.8 Å². The van der Waals surface area contributed by atoms with Gasteiger partial charge in [-0.3, -0.25) is 4.79 Å². The number of imidazole rings is 1. The Kier molecular flexibility index (Phi) is 4.41. The van der Waals surface area contributed by atoms with Crippen LogP contribution in [-0.2, 0) is 17.1 Å². The quantitative estimate of drug-likeness (QED) is 0.637. The zero-order valence-electron chi connectivity index (χ0n) is 16.8. The van der Waals surface area contributed by atoms with Crippen LogP contribution in [0.15, 0.2) is 48.9 Å². The van der Waals surface area contributed by atoms with Crippen molar-refractivity contribution < 1.29 is 13.2 Å². The molecule has 2 saturated heterocycles. The van der Waals surface area contributed by atoms with Crippen molar-refractivity contribution in [3.05, 3.63) is 60.0 Å². The molecule has 3 aromatic rings.